The van der Waals surface area contributed by atoms with Crippen molar-refractivity contribution in [1.29, 1.82) is 0 Å². The highest BCUT2D eigenvalue weighted by Gasteiger charge is 2.17. The number of benzene rings is 1. The largest absolute Gasteiger partial charge is 0.454 e. The molecule has 18 heavy (non-hydrogen) atoms. The normalized spacial score (nSPS) is 20.3. The van der Waals surface area contributed by atoms with E-state index >= 15 is 0 Å². The third-order valence-electron chi connectivity index (χ3n) is 3.75. The molecule has 1 N–H and O–H groups in total. The van der Waals surface area contributed by atoms with Gasteiger partial charge in [0, 0.05) is 12.6 Å². The molecule has 3 rings (SSSR count). The van der Waals surface area contributed by atoms with E-state index in [9.17, 15) is 0 Å². The molecule has 0 spiro atoms. The molecular formula is C14H20N2O2. The maximum Gasteiger partial charge on any atom is 0.231 e. The zero-order valence-corrected chi connectivity index (χ0v) is 10.8. The summed E-state index contributed by atoms with van der Waals surface area (Å²) in [6.45, 7) is 3.64. The van der Waals surface area contributed by atoms with Gasteiger partial charge in [-0.2, -0.15) is 0 Å². The lowest BCUT2D eigenvalue weighted by molar-refractivity contribution is 0.174. The van der Waals surface area contributed by atoms with E-state index in [2.05, 4.69) is 29.4 Å². The average molecular weight is 248 g/mol. The summed E-state index contributed by atoms with van der Waals surface area (Å²) in [4.78, 5) is 2.39. The van der Waals surface area contributed by atoms with Crippen LogP contribution in [0, 0.1) is 0 Å². The minimum Gasteiger partial charge on any atom is -0.454 e. The van der Waals surface area contributed by atoms with Crippen LogP contribution in [0.25, 0.3) is 0 Å². The van der Waals surface area contributed by atoms with Crippen molar-refractivity contribution in [3.63, 3.8) is 0 Å². The molecule has 0 atom stereocenters. The highest BCUT2D eigenvalue weighted by atomic mass is 16.7. The highest BCUT2D eigenvalue weighted by molar-refractivity contribution is 5.44. The summed E-state index contributed by atoms with van der Waals surface area (Å²) < 4.78 is 10.7. The number of likely N-dealkylation sites (tertiary alicyclic amines) is 1. The van der Waals surface area contributed by atoms with E-state index in [1.807, 2.05) is 6.07 Å². The quantitative estimate of drug-likeness (QED) is 0.881. The van der Waals surface area contributed by atoms with Gasteiger partial charge in [-0.25, -0.2) is 0 Å². The fourth-order valence-corrected chi connectivity index (χ4v) is 2.53. The molecule has 0 amide bonds. The average Bonchev–Trinajstić information content (AvgIpc) is 2.85. The number of ether oxygens (including phenoxy) is 2. The molecule has 0 radical (unpaired) electrons. The summed E-state index contributed by atoms with van der Waals surface area (Å²) in [5, 5.41) is 3.63. The summed E-state index contributed by atoms with van der Waals surface area (Å²) in [7, 11) is 2.19. The molecule has 1 fully saturated rings. The van der Waals surface area contributed by atoms with E-state index < -0.39 is 0 Å². The molecular weight excluding hydrogens is 228 g/mol. The Bertz CT molecular complexity index is 414. The Morgan fingerprint density at radius 2 is 2.00 bits per heavy atom. The van der Waals surface area contributed by atoms with Crippen LogP contribution in [0.4, 0.5) is 0 Å². The molecule has 0 aliphatic carbocycles. The number of fused-ring (bicyclic) bond motifs is 1. The van der Waals surface area contributed by atoms with Crippen LogP contribution in [-0.2, 0) is 6.54 Å². The standard InChI is InChI=1S/C14H20N2O2/c1-16-6-4-12(5-7-16)15-9-11-2-3-13-14(8-11)18-10-17-13/h2-3,8,12,15H,4-7,9-10H2,1H3. The van der Waals surface area contributed by atoms with Crippen LogP contribution < -0.4 is 14.8 Å². The summed E-state index contributed by atoms with van der Waals surface area (Å²) >= 11 is 0. The van der Waals surface area contributed by atoms with Crippen molar-refractivity contribution in [3.05, 3.63) is 23.8 Å². The number of hydrogen-bond donors (Lipinski definition) is 1. The second-order valence-corrected chi connectivity index (χ2v) is 5.15. The summed E-state index contributed by atoms with van der Waals surface area (Å²) in [6.07, 6.45) is 2.47. The second-order valence-electron chi connectivity index (χ2n) is 5.15. The predicted octanol–water partition coefficient (Wildman–Crippen LogP) is 1.60. The van der Waals surface area contributed by atoms with Crippen LogP contribution in [0.3, 0.4) is 0 Å². The molecule has 1 saturated heterocycles. The smallest absolute Gasteiger partial charge is 0.231 e. The number of nitrogens with zero attached hydrogens (tertiary/aromatic N) is 1. The van der Waals surface area contributed by atoms with Gasteiger partial charge in [0.25, 0.3) is 0 Å². The SMILES string of the molecule is CN1CCC(NCc2ccc3c(c2)OCO3)CC1. The van der Waals surface area contributed by atoms with Gasteiger partial charge in [-0.3, -0.25) is 0 Å². The summed E-state index contributed by atoms with van der Waals surface area (Å²) in [5.41, 5.74) is 1.26. The number of hydrogen-bond acceptors (Lipinski definition) is 4. The lowest BCUT2D eigenvalue weighted by Crippen LogP contribution is -2.40. The Balaban J connectivity index is 1.54. The lowest BCUT2D eigenvalue weighted by atomic mass is 10.1. The molecule has 0 aromatic heterocycles. The highest BCUT2D eigenvalue weighted by Crippen LogP contribution is 2.32. The van der Waals surface area contributed by atoms with Crippen molar-refractivity contribution in [3.8, 4) is 11.5 Å². The van der Waals surface area contributed by atoms with Crippen LogP contribution in [0.2, 0.25) is 0 Å². The van der Waals surface area contributed by atoms with Gasteiger partial charge >= 0.3 is 0 Å². The first-order valence-corrected chi connectivity index (χ1v) is 6.62. The van der Waals surface area contributed by atoms with Gasteiger partial charge in [0.05, 0.1) is 0 Å². The Morgan fingerprint density at radius 3 is 2.83 bits per heavy atom. The van der Waals surface area contributed by atoms with E-state index in [-0.39, 0.29) is 0 Å². The van der Waals surface area contributed by atoms with Crippen LogP contribution in [0.1, 0.15) is 18.4 Å². The van der Waals surface area contributed by atoms with E-state index in [1.165, 1.54) is 31.5 Å². The van der Waals surface area contributed by atoms with E-state index in [0.29, 0.717) is 12.8 Å². The molecule has 2 heterocycles. The maximum atomic E-state index is 5.39. The van der Waals surface area contributed by atoms with Gasteiger partial charge < -0.3 is 19.7 Å². The molecule has 2 aliphatic rings. The van der Waals surface area contributed by atoms with Crippen molar-refractivity contribution in [1.82, 2.24) is 10.2 Å². The van der Waals surface area contributed by atoms with Crippen LogP contribution in [0.5, 0.6) is 11.5 Å². The Morgan fingerprint density at radius 1 is 1.22 bits per heavy atom. The van der Waals surface area contributed by atoms with Gasteiger partial charge in [0.2, 0.25) is 6.79 Å². The number of piperidine rings is 1. The van der Waals surface area contributed by atoms with E-state index in [0.717, 1.165) is 18.0 Å². The first kappa shape index (κ1) is 11.8. The van der Waals surface area contributed by atoms with Gasteiger partial charge in [-0.05, 0) is 50.7 Å². The van der Waals surface area contributed by atoms with Gasteiger partial charge in [-0.15, -0.1) is 0 Å². The predicted molar refractivity (Wildman–Crippen MR) is 69.9 cm³/mol. The molecule has 1 aromatic carbocycles. The minimum atomic E-state index is 0.348. The van der Waals surface area contributed by atoms with Crippen LogP contribution >= 0.6 is 0 Å². The molecule has 1 aromatic rings. The van der Waals surface area contributed by atoms with Gasteiger partial charge in [0.1, 0.15) is 0 Å². The van der Waals surface area contributed by atoms with Crippen molar-refractivity contribution in [2.75, 3.05) is 26.9 Å². The maximum absolute atomic E-state index is 5.39. The zero-order valence-electron chi connectivity index (χ0n) is 10.8. The number of rotatable bonds is 3. The molecule has 4 nitrogen and oxygen atoms in total. The van der Waals surface area contributed by atoms with E-state index in [4.69, 9.17) is 9.47 Å². The zero-order chi connectivity index (χ0) is 12.4. The monoisotopic (exact) mass is 248 g/mol. The van der Waals surface area contributed by atoms with E-state index in [1.54, 1.807) is 0 Å². The van der Waals surface area contributed by atoms with Gasteiger partial charge in [0.15, 0.2) is 11.5 Å². The Hall–Kier alpha value is -1.26. The van der Waals surface area contributed by atoms with Crippen molar-refractivity contribution in [2.24, 2.45) is 0 Å². The lowest BCUT2D eigenvalue weighted by Gasteiger charge is -2.29. The molecule has 0 saturated carbocycles. The van der Waals surface area contributed by atoms with Gasteiger partial charge in [-0.1, -0.05) is 6.07 Å². The second kappa shape index (κ2) is 5.16. The molecule has 0 bridgehead atoms. The first-order valence-electron chi connectivity index (χ1n) is 6.62. The third-order valence-corrected chi connectivity index (χ3v) is 3.75. The van der Waals surface area contributed by atoms with Crippen LogP contribution in [0.15, 0.2) is 18.2 Å². The fourth-order valence-electron chi connectivity index (χ4n) is 2.53. The first-order chi connectivity index (χ1) is 8.81. The molecule has 98 valence electrons. The topological polar surface area (TPSA) is 33.7 Å². The fraction of sp³-hybridized carbons (Fsp3) is 0.571. The number of nitrogens with one attached hydrogen (secondary N) is 1. The van der Waals surface area contributed by atoms with Crippen molar-refractivity contribution < 1.29 is 9.47 Å². The third kappa shape index (κ3) is 2.60. The molecule has 0 unspecified atom stereocenters. The Kier molecular flexibility index (Phi) is 3.39. The summed E-state index contributed by atoms with van der Waals surface area (Å²) in [5.74, 6) is 1.73. The molecule has 2 aliphatic heterocycles. The summed E-state index contributed by atoms with van der Waals surface area (Å²) in [6, 6.07) is 6.82. The molecule has 4 heteroatoms. The van der Waals surface area contributed by atoms with Crippen LogP contribution in [-0.4, -0.2) is 37.9 Å². The minimum absolute atomic E-state index is 0.348. The van der Waals surface area contributed by atoms with Crippen molar-refractivity contribution in [2.45, 2.75) is 25.4 Å². The Labute approximate surface area is 108 Å². The van der Waals surface area contributed by atoms with Crippen molar-refractivity contribution >= 4 is 0 Å².